The summed E-state index contributed by atoms with van der Waals surface area (Å²) in [5.74, 6) is -0.847. The quantitative estimate of drug-likeness (QED) is 0.499. The molecule has 1 unspecified atom stereocenters. The first kappa shape index (κ1) is 21.9. The van der Waals surface area contributed by atoms with Crippen LogP contribution in [0.5, 0.6) is 5.75 Å². The molecule has 32 heavy (non-hydrogen) atoms. The number of ether oxygens (including phenoxy) is 1. The average molecular weight is 463 g/mol. The van der Waals surface area contributed by atoms with E-state index in [9.17, 15) is 18.0 Å². The second kappa shape index (κ2) is 8.30. The van der Waals surface area contributed by atoms with Crippen molar-refractivity contribution < 1.29 is 22.7 Å². The standard InChI is InChI=1S/C21H20F3N5O2S/c22-21(23,24)14-7-11(3-4-16(14)29-20(32)28-10-1-2-10)31-18-5-6-27-17-9-15(25)12(19(26)30)8-13(17)18/h3-7,9-10,13H,1-2,8,25H2,(H2,26,30)(H2,28,29,32). The van der Waals surface area contributed by atoms with Crippen LogP contribution in [0.1, 0.15) is 24.8 Å². The molecule has 4 rings (SSSR count). The van der Waals surface area contributed by atoms with Crippen LogP contribution in [0.3, 0.4) is 0 Å². The molecule has 1 saturated carbocycles. The summed E-state index contributed by atoms with van der Waals surface area (Å²) >= 11 is 5.10. The van der Waals surface area contributed by atoms with Gasteiger partial charge in [-0.3, -0.25) is 9.79 Å². The summed E-state index contributed by atoms with van der Waals surface area (Å²) in [4.78, 5) is 15.9. The lowest BCUT2D eigenvalue weighted by Crippen LogP contribution is -2.31. The van der Waals surface area contributed by atoms with Crippen LogP contribution in [0.2, 0.25) is 0 Å². The van der Waals surface area contributed by atoms with Crippen molar-refractivity contribution >= 4 is 35.1 Å². The molecule has 1 atom stereocenters. The van der Waals surface area contributed by atoms with Crippen LogP contribution < -0.4 is 26.8 Å². The molecule has 11 heteroatoms. The molecule has 0 aromatic heterocycles. The highest BCUT2D eigenvalue weighted by Crippen LogP contribution is 2.40. The third-order valence-corrected chi connectivity index (χ3v) is 5.43. The summed E-state index contributed by atoms with van der Waals surface area (Å²) < 4.78 is 46.9. The predicted molar refractivity (Wildman–Crippen MR) is 118 cm³/mol. The van der Waals surface area contributed by atoms with Gasteiger partial charge in [-0.25, -0.2) is 0 Å². The molecule has 2 aliphatic carbocycles. The van der Waals surface area contributed by atoms with Crippen molar-refractivity contribution in [3.05, 3.63) is 58.6 Å². The van der Waals surface area contributed by atoms with Crippen molar-refractivity contribution in [2.45, 2.75) is 31.5 Å². The number of fused-ring (bicyclic) bond motifs is 1. The van der Waals surface area contributed by atoms with Gasteiger partial charge in [-0.05, 0) is 61.8 Å². The summed E-state index contributed by atoms with van der Waals surface area (Å²) in [7, 11) is 0. The number of nitrogens with one attached hydrogen (secondary N) is 2. The minimum Gasteiger partial charge on any atom is -0.461 e. The van der Waals surface area contributed by atoms with Crippen molar-refractivity contribution in [1.29, 1.82) is 0 Å². The van der Waals surface area contributed by atoms with Gasteiger partial charge in [0.2, 0.25) is 5.91 Å². The lowest BCUT2D eigenvalue weighted by atomic mass is 9.86. The summed E-state index contributed by atoms with van der Waals surface area (Å²) in [5.41, 5.74) is 11.1. The largest absolute Gasteiger partial charge is 0.461 e. The van der Waals surface area contributed by atoms with Gasteiger partial charge in [0.15, 0.2) is 5.11 Å². The molecule has 0 spiro atoms. The average Bonchev–Trinajstić information content (AvgIpc) is 3.51. The number of anilines is 1. The third kappa shape index (κ3) is 4.77. The number of halogens is 3. The van der Waals surface area contributed by atoms with E-state index >= 15 is 0 Å². The minimum absolute atomic E-state index is 0.0204. The third-order valence-electron chi connectivity index (χ3n) is 5.21. The van der Waals surface area contributed by atoms with Crippen LogP contribution in [0, 0.1) is 5.92 Å². The number of hydrogen-bond donors (Lipinski definition) is 4. The second-order valence-electron chi connectivity index (χ2n) is 7.65. The molecule has 0 radical (unpaired) electrons. The van der Waals surface area contributed by atoms with Crippen molar-refractivity contribution in [3.8, 4) is 5.75 Å². The number of nitrogens with zero attached hydrogens (tertiary/aromatic N) is 1. The number of amides is 1. The Bertz CT molecular complexity index is 1100. The fourth-order valence-electron chi connectivity index (χ4n) is 3.45. The van der Waals surface area contributed by atoms with E-state index in [4.69, 9.17) is 28.4 Å². The highest BCUT2D eigenvalue weighted by Gasteiger charge is 2.35. The Hall–Kier alpha value is -3.34. The number of nitrogens with two attached hydrogens (primary N) is 2. The minimum atomic E-state index is -4.63. The van der Waals surface area contributed by atoms with E-state index in [0.29, 0.717) is 11.5 Å². The maximum atomic E-state index is 13.7. The van der Waals surface area contributed by atoms with Gasteiger partial charge in [0, 0.05) is 23.5 Å². The van der Waals surface area contributed by atoms with Crippen LogP contribution in [0.25, 0.3) is 0 Å². The summed E-state index contributed by atoms with van der Waals surface area (Å²) in [5, 5.41) is 5.70. The smallest absolute Gasteiger partial charge is 0.418 e. The zero-order chi connectivity index (χ0) is 23.0. The molecule has 1 aromatic rings. The molecule has 1 aromatic carbocycles. The van der Waals surface area contributed by atoms with Gasteiger partial charge < -0.3 is 26.8 Å². The van der Waals surface area contributed by atoms with Crippen LogP contribution in [0.15, 0.2) is 58.1 Å². The Morgan fingerprint density at radius 1 is 1.28 bits per heavy atom. The van der Waals surface area contributed by atoms with Crippen LogP contribution in [-0.4, -0.2) is 23.3 Å². The number of primary amides is 1. The zero-order valence-electron chi connectivity index (χ0n) is 16.7. The van der Waals surface area contributed by atoms with E-state index < -0.39 is 23.6 Å². The molecule has 6 N–H and O–H groups in total. The van der Waals surface area contributed by atoms with Gasteiger partial charge in [0.25, 0.3) is 0 Å². The molecule has 3 aliphatic rings. The molecule has 1 fully saturated rings. The fourth-order valence-corrected chi connectivity index (χ4v) is 3.72. The van der Waals surface area contributed by atoms with Gasteiger partial charge in [-0.15, -0.1) is 0 Å². The normalized spacial score (nSPS) is 20.2. The highest BCUT2D eigenvalue weighted by atomic mass is 32.1. The van der Waals surface area contributed by atoms with Crippen molar-refractivity contribution in [2.75, 3.05) is 5.32 Å². The maximum absolute atomic E-state index is 13.7. The second-order valence-corrected chi connectivity index (χ2v) is 8.06. The summed E-state index contributed by atoms with van der Waals surface area (Å²) in [6.07, 6.45) is 1.90. The van der Waals surface area contributed by atoms with E-state index in [2.05, 4.69) is 15.6 Å². The molecule has 1 aliphatic heterocycles. The number of thiocarbonyl (C=S) groups is 1. The van der Waals surface area contributed by atoms with E-state index in [-0.39, 0.29) is 40.3 Å². The Balaban J connectivity index is 1.57. The number of carbonyl (C=O) groups is 1. The number of benzene rings is 1. The monoisotopic (exact) mass is 463 g/mol. The number of hydrogen-bond acceptors (Lipinski definition) is 5. The topological polar surface area (TPSA) is 115 Å². The van der Waals surface area contributed by atoms with Crippen LogP contribution in [0.4, 0.5) is 18.9 Å². The molecule has 1 amide bonds. The molecule has 168 valence electrons. The van der Waals surface area contributed by atoms with E-state index in [0.717, 1.165) is 18.9 Å². The number of alkyl halides is 3. The van der Waals surface area contributed by atoms with Crippen LogP contribution >= 0.6 is 12.2 Å². The summed E-state index contributed by atoms with van der Waals surface area (Å²) in [6, 6.07) is 3.79. The van der Waals surface area contributed by atoms with Crippen molar-refractivity contribution in [1.82, 2.24) is 5.32 Å². The first-order valence-corrected chi connectivity index (χ1v) is 10.2. The fraction of sp³-hybridized carbons (Fsp3) is 0.286. The molecule has 7 nitrogen and oxygen atoms in total. The molecule has 1 heterocycles. The van der Waals surface area contributed by atoms with Crippen molar-refractivity contribution in [3.63, 3.8) is 0 Å². The summed E-state index contributed by atoms with van der Waals surface area (Å²) in [6.45, 7) is 0. The van der Waals surface area contributed by atoms with Crippen molar-refractivity contribution in [2.24, 2.45) is 22.4 Å². The van der Waals surface area contributed by atoms with Gasteiger partial charge in [-0.1, -0.05) is 0 Å². The highest BCUT2D eigenvalue weighted by molar-refractivity contribution is 7.80. The first-order chi connectivity index (χ1) is 15.1. The number of carbonyl (C=O) groups excluding carboxylic acids is 1. The lowest BCUT2D eigenvalue weighted by molar-refractivity contribution is -0.137. The number of dihydropyridines is 1. The Morgan fingerprint density at radius 2 is 2.03 bits per heavy atom. The SMILES string of the molecule is NC(=O)C1=C(N)C=C2N=CC=C(Oc3ccc(NC(=S)NC4CC4)c(C(F)(F)F)c3)C2C1. The van der Waals surface area contributed by atoms with E-state index in [1.165, 1.54) is 30.5 Å². The predicted octanol–water partition coefficient (Wildman–Crippen LogP) is 3.10. The molecule has 0 saturated heterocycles. The molecular formula is C21H20F3N5O2S. The zero-order valence-corrected chi connectivity index (χ0v) is 17.5. The number of aliphatic imine (C=N–C) groups is 1. The Morgan fingerprint density at radius 3 is 2.69 bits per heavy atom. The van der Waals surface area contributed by atoms with E-state index in [1.54, 1.807) is 0 Å². The van der Waals surface area contributed by atoms with E-state index in [1.807, 2.05) is 0 Å². The maximum Gasteiger partial charge on any atom is 0.418 e. The first-order valence-electron chi connectivity index (χ1n) is 9.82. The number of allylic oxidation sites excluding steroid dienone is 2. The molecular weight excluding hydrogens is 443 g/mol. The lowest BCUT2D eigenvalue weighted by Gasteiger charge is -2.27. The van der Waals surface area contributed by atoms with Gasteiger partial charge in [-0.2, -0.15) is 13.2 Å². The van der Waals surface area contributed by atoms with Gasteiger partial charge in [0.1, 0.15) is 11.5 Å². The number of rotatable bonds is 5. The van der Waals surface area contributed by atoms with Crippen LogP contribution in [-0.2, 0) is 11.0 Å². The molecule has 0 bridgehead atoms. The van der Waals surface area contributed by atoms with Gasteiger partial charge >= 0.3 is 6.18 Å². The van der Waals surface area contributed by atoms with Gasteiger partial charge in [0.05, 0.1) is 22.9 Å². The Kier molecular flexibility index (Phi) is 5.68. The Labute approximate surface area is 187 Å².